The first-order chi connectivity index (χ1) is 20.3. The van der Waals surface area contributed by atoms with Gasteiger partial charge in [0.25, 0.3) is 5.91 Å². The molecule has 0 aliphatic carbocycles. The van der Waals surface area contributed by atoms with E-state index in [9.17, 15) is 9.59 Å². The van der Waals surface area contributed by atoms with Crippen LogP contribution in [0.25, 0.3) is 0 Å². The van der Waals surface area contributed by atoms with Crippen LogP contribution < -0.4 is 18.9 Å². The molecule has 0 fully saturated rings. The van der Waals surface area contributed by atoms with E-state index in [1.165, 1.54) is 5.01 Å². The quantitative estimate of drug-likeness (QED) is 0.178. The molecule has 1 aliphatic rings. The maximum absolute atomic E-state index is 13.8. The molecule has 0 unspecified atom stereocenters. The second-order valence-electron chi connectivity index (χ2n) is 10.0. The summed E-state index contributed by atoms with van der Waals surface area (Å²) in [6, 6.07) is 24.8. The zero-order valence-electron chi connectivity index (χ0n) is 24.2. The molecule has 8 heteroatoms. The van der Waals surface area contributed by atoms with E-state index in [-0.39, 0.29) is 11.7 Å². The topological polar surface area (TPSA) is 86.7 Å². The number of benzene rings is 4. The summed E-state index contributed by atoms with van der Waals surface area (Å²) in [5, 5.41) is 6.30. The molecule has 0 saturated carbocycles. The van der Waals surface area contributed by atoms with Crippen LogP contribution in [0.5, 0.6) is 23.0 Å². The second-order valence-corrected chi connectivity index (χ2v) is 10.0. The molecular formula is C34H32N2O6. The van der Waals surface area contributed by atoms with E-state index in [2.05, 4.69) is 0 Å². The maximum atomic E-state index is 13.8. The number of hydrogen-bond acceptors (Lipinski definition) is 7. The van der Waals surface area contributed by atoms with Crippen LogP contribution in [-0.4, -0.2) is 43.9 Å². The van der Waals surface area contributed by atoms with Crippen molar-refractivity contribution in [3.63, 3.8) is 0 Å². The summed E-state index contributed by atoms with van der Waals surface area (Å²) in [6.45, 7) is 3.92. The molecule has 0 bridgehead atoms. The Bertz CT molecular complexity index is 1640. The lowest BCUT2D eigenvalue weighted by Gasteiger charge is -2.23. The van der Waals surface area contributed by atoms with E-state index in [1.54, 1.807) is 63.8 Å². The molecule has 1 amide bonds. The predicted molar refractivity (Wildman–Crippen MR) is 160 cm³/mol. The molecule has 1 atom stereocenters. The van der Waals surface area contributed by atoms with Crippen molar-refractivity contribution in [2.45, 2.75) is 26.3 Å². The molecule has 0 N–H and O–H groups in total. The summed E-state index contributed by atoms with van der Waals surface area (Å²) < 4.78 is 22.3. The first kappa shape index (κ1) is 28.4. The number of hydrogen-bond donors (Lipinski definition) is 0. The minimum absolute atomic E-state index is 0.253. The van der Waals surface area contributed by atoms with E-state index in [0.717, 1.165) is 16.7 Å². The van der Waals surface area contributed by atoms with Crippen LogP contribution in [0.1, 0.15) is 55.4 Å². The van der Waals surface area contributed by atoms with Gasteiger partial charge in [0.05, 0.1) is 38.6 Å². The molecule has 42 heavy (non-hydrogen) atoms. The summed E-state index contributed by atoms with van der Waals surface area (Å²) in [5.41, 5.74) is 5.00. The number of amides is 1. The number of esters is 1. The van der Waals surface area contributed by atoms with Crippen LogP contribution in [0.3, 0.4) is 0 Å². The van der Waals surface area contributed by atoms with Gasteiger partial charge in [-0.05, 0) is 67.9 Å². The largest absolute Gasteiger partial charge is 0.497 e. The van der Waals surface area contributed by atoms with Crippen LogP contribution >= 0.6 is 0 Å². The average molecular weight is 565 g/mol. The molecule has 1 heterocycles. The first-order valence-corrected chi connectivity index (χ1v) is 13.5. The summed E-state index contributed by atoms with van der Waals surface area (Å²) in [4.78, 5) is 26.9. The lowest BCUT2D eigenvalue weighted by molar-refractivity contribution is 0.0707. The molecule has 8 nitrogen and oxygen atoms in total. The number of aryl methyl sites for hydroxylation is 2. The molecule has 5 rings (SSSR count). The Labute approximate surface area is 245 Å². The minimum Gasteiger partial charge on any atom is -0.497 e. The molecule has 1 aliphatic heterocycles. The van der Waals surface area contributed by atoms with E-state index in [4.69, 9.17) is 24.0 Å². The number of ether oxygens (including phenoxy) is 4. The van der Waals surface area contributed by atoms with Crippen molar-refractivity contribution in [3.8, 4) is 23.0 Å². The highest BCUT2D eigenvalue weighted by Crippen LogP contribution is 2.40. The van der Waals surface area contributed by atoms with Crippen molar-refractivity contribution in [1.82, 2.24) is 5.01 Å². The monoisotopic (exact) mass is 564 g/mol. The SMILES string of the molecule is COc1ccc(C2=NN(C(=O)c3ccc(C)cc3)[C@H](c3ccc(OC)c(OC)c3)C2)c(OC(=O)c2ccc(C)cc2)c1. The number of hydrazone groups is 1. The number of rotatable bonds is 8. The Morgan fingerprint density at radius 2 is 1.36 bits per heavy atom. The van der Waals surface area contributed by atoms with Crippen molar-refractivity contribution >= 4 is 17.6 Å². The Morgan fingerprint density at radius 3 is 1.98 bits per heavy atom. The van der Waals surface area contributed by atoms with Gasteiger partial charge in [-0.2, -0.15) is 5.10 Å². The standard InChI is InChI=1S/C34H32N2O6/c1-21-6-10-23(11-7-21)33(37)36-29(25-14-17-30(40-4)32(18-25)41-5)20-28(35-36)27-16-15-26(39-3)19-31(27)42-34(38)24-12-8-22(2)9-13-24/h6-19,29H,20H2,1-5H3/t29-/m0/s1. The van der Waals surface area contributed by atoms with Gasteiger partial charge in [-0.3, -0.25) is 4.79 Å². The van der Waals surface area contributed by atoms with Gasteiger partial charge in [-0.15, -0.1) is 0 Å². The Kier molecular flexibility index (Phi) is 8.24. The van der Waals surface area contributed by atoms with Crippen molar-refractivity contribution < 1.29 is 28.5 Å². The lowest BCUT2D eigenvalue weighted by atomic mass is 9.97. The van der Waals surface area contributed by atoms with E-state index in [0.29, 0.717) is 46.1 Å². The third kappa shape index (κ3) is 5.83. The van der Waals surface area contributed by atoms with Crippen molar-refractivity contribution in [2.24, 2.45) is 5.10 Å². The fourth-order valence-electron chi connectivity index (χ4n) is 4.81. The van der Waals surface area contributed by atoms with Crippen LogP contribution in [-0.2, 0) is 0 Å². The molecule has 4 aromatic carbocycles. The normalized spacial score (nSPS) is 14.3. The van der Waals surface area contributed by atoms with Crippen molar-refractivity contribution in [3.05, 3.63) is 118 Å². The van der Waals surface area contributed by atoms with Gasteiger partial charge in [-0.1, -0.05) is 41.5 Å². The molecule has 0 spiro atoms. The number of carbonyl (C=O) groups is 2. The van der Waals surface area contributed by atoms with E-state index in [1.807, 2.05) is 56.3 Å². The second kappa shape index (κ2) is 12.2. The fourth-order valence-corrected chi connectivity index (χ4v) is 4.81. The van der Waals surface area contributed by atoms with Gasteiger partial charge in [0, 0.05) is 23.6 Å². The Morgan fingerprint density at radius 1 is 0.714 bits per heavy atom. The number of nitrogens with zero attached hydrogens (tertiary/aromatic N) is 2. The average Bonchev–Trinajstić information content (AvgIpc) is 3.46. The summed E-state index contributed by atoms with van der Waals surface area (Å²) >= 11 is 0. The number of methoxy groups -OCH3 is 3. The highest BCUT2D eigenvalue weighted by Gasteiger charge is 2.35. The molecule has 0 saturated heterocycles. The van der Waals surface area contributed by atoms with Gasteiger partial charge in [-0.25, -0.2) is 9.80 Å². The van der Waals surface area contributed by atoms with Crippen LogP contribution in [0.15, 0.2) is 90.0 Å². The van der Waals surface area contributed by atoms with Gasteiger partial charge in [0.2, 0.25) is 0 Å². The number of carbonyl (C=O) groups excluding carboxylic acids is 2. The van der Waals surface area contributed by atoms with Gasteiger partial charge >= 0.3 is 5.97 Å². The lowest BCUT2D eigenvalue weighted by Crippen LogP contribution is -2.27. The molecule has 0 radical (unpaired) electrons. The summed E-state index contributed by atoms with van der Waals surface area (Å²) in [5.74, 6) is 1.17. The highest BCUT2D eigenvalue weighted by atomic mass is 16.5. The van der Waals surface area contributed by atoms with E-state index >= 15 is 0 Å². The predicted octanol–water partition coefficient (Wildman–Crippen LogP) is 6.54. The maximum Gasteiger partial charge on any atom is 0.343 e. The Hall–Kier alpha value is -5.11. The zero-order valence-corrected chi connectivity index (χ0v) is 24.2. The fraction of sp³-hybridized carbons (Fsp3) is 0.206. The van der Waals surface area contributed by atoms with Crippen molar-refractivity contribution in [2.75, 3.05) is 21.3 Å². The summed E-state index contributed by atoms with van der Waals surface area (Å²) in [7, 11) is 4.69. The minimum atomic E-state index is -0.507. The van der Waals surface area contributed by atoms with Crippen molar-refractivity contribution in [1.29, 1.82) is 0 Å². The molecule has 0 aromatic heterocycles. The third-order valence-corrected chi connectivity index (χ3v) is 7.20. The van der Waals surface area contributed by atoms with Crippen LogP contribution in [0.4, 0.5) is 0 Å². The molecule has 214 valence electrons. The third-order valence-electron chi connectivity index (χ3n) is 7.20. The van der Waals surface area contributed by atoms with Gasteiger partial charge in [0.1, 0.15) is 11.5 Å². The summed E-state index contributed by atoms with van der Waals surface area (Å²) in [6.07, 6.45) is 0.370. The first-order valence-electron chi connectivity index (χ1n) is 13.5. The van der Waals surface area contributed by atoms with Gasteiger partial charge < -0.3 is 18.9 Å². The highest BCUT2D eigenvalue weighted by molar-refractivity contribution is 6.07. The zero-order chi connectivity index (χ0) is 29.8. The Balaban J connectivity index is 1.56. The van der Waals surface area contributed by atoms with Crippen LogP contribution in [0.2, 0.25) is 0 Å². The van der Waals surface area contributed by atoms with Crippen LogP contribution in [0, 0.1) is 13.8 Å². The van der Waals surface area contributed by atoms with Gasteiger partial charge in [0.15, 0.2) is 11.5 Å². The molecular weight excluding hydrogens is 532 g/mol. The van der Waals surface area contributed by atoms with E-state index < -0.39 is 12.0 Å². The molecule has 4 aromatic rings. The smallest absolute Gasteiger partial charge is 0.343 e.